The molecule has 4 rings (SSSR count). The van der Waals surface area contributed by atoms with Gasteiger partial charge in [-0.15, -0.1) is 10.2 Å². The highest BCUT2D eigenvalue weighted by Crippen LogP contribution is 2.29. The predicted octanol–water partition coefficient (Wildman–Crippen LogP) is 3.64. The molecule has 6 nitrogen and oxygen atoms in total. The molecular weight excluding hydrogens is 372 g/mol. The Bertz CT molecular complexity index is 974. The van der Waals surface area contributed by atoms with Gasteiger partial charge in [0.25, 0.3) is 0 Å². The molecule has 2 heterocycles. The molecule has 7 heteroatoms. The molecule has 0 N–H and O–H groups in total. The Kier molecular flexibility index (Phi) is 5.34. The maximum absolute atomic E-state index is 12.7. The minimum Gasteiger partial charge on any atom is -0.483 e. The monoisotopic (exact) mass is 394 g/mol. The molecule has 1 aliphatic heterocycles. The second kappa shape index (κ2) is 8.06. The number of nitrogens with zero attached hydrogens (tertiary/aromatic N) is 4. The highest BCUT2D eigenvalue weighted by Gasteiger charge is 2.25. The van der Waals surface area contributed by atoms with Crippen LogP contribution in [0.3, 0.4) is 0 Å². The molecule has 1 aliphatic rings. The number of rotatable bonds is 6. The second-order valence-electron chi connectivity index (χ2n) is 6.69. The van der Waals surface area contributed by atoms with Crippen LogP contribution in [0.5, 0.6) is 5.75 Å². The van der Waals surface area contributed by atoms with Crippen LogP contribution in [-0.4, -0.2) is 33.0 Å². The van der Waals surface area contributed by atoms with Crippen molar-refractivity contribution in [2.45, 2.75) is 24.6 Å². The number of thioether (sulfide) groups is 1. The van der Waals surface area contributed by atoms with E-state index in [0.29, 0.717) is 10.9 Å². The highest BCUT2D eigenvalue weighted by molar-refractivity contribution is 7.99. The van der Waals surface area contributed by atoms with E-state index in [1.165, 1.54) is 17.3 Å². The van der Waals surface area contributed by atoms with Gasteiger partial charge >= 0.3 is 0 Å². The summed E-state index contributed by atoms with van der Waals surface area (Å²) >= 11 is 1.40. The molecule has 0 saturated carbocycles. The zero-order valence-corrected chi connectivity index (χ0v) is 16.7. The lowest BCUT2D eigenvalue weighted by molar-refractivity contribution is -0.116. The van der Waals surface area contributed by atoms with Crippen molar-refractivity contribution < 1.29 is 9.53 Å². The maximum Gasteiger partial charge on any atom is 0.237 e. The van der Waals surface area contributed by atoms with Crippen molar-refractivity contribution in [1.82, 2.24) is 14.8 Å². The molecule has 0 spiro atoms. The number of fused-ring (bicyclic) bond motifs is 1. The molecule has 2 aromatic carbocycles. The summed E-state index contributed by atoms with van der Waals surface area (Å²) in [4.78, 5) is 14.6. The summed E-state index contributed by atoms with van der Waals surface area (Å²) in [5.41, 5.74) is 2.25. The van der Waals surface area contributed by atoms with Crippen molar-refractivity contribution >= 4 is 23.4 Å². The lowest BCUT2D eigenvalue weighted by Gasteiger charge is -2.17. The molecule has 0 aliphatic carbocycles. The van der Waals surface area contributed by atoms with Crippen molar-refractivity contribution in [3.8, 4) is 5.75 Å². The molecule has 3 aromatic rings. The summed E-state index contributed by atoms with van der Waals surface area (Å²) in [5, 5.41) is 9.22. The molecule has 1 aromatic heterocycles. The number of hydrogen-bond donors (Lipinski definition) is 0. The number of ether oxygens (including phenoxy) is 1. The summed E-state index contributed by atoms with van der Waals surface area (Å²) in [6.45, 7) is 2.68. The Hall–Kier alpha value is -2.80. The first kappa shape index (κ1) is 18.6. The maximum atomic E-state index is 12.7. The van der Waals surface area contributed by atoms with Crippen LogP contribution in [0.2, 0.25) is 0 Å². The molecule has 1 atom stereocenters. The van der Waals surface area contributed by atoms with E-state index >= 15 is 0 Å². The van der Waals surface area contributed by atoms with Crippen molar-refractivity contribution in [3.05, 3.63) is 66.0 Å². The van der Waals surface area contributed by atoms with Gasteiger partial charge in [-0.25, -0.2) is 0 Å². The van der Waals surface area contributed by atoms with Gasteiger partial charge in [-0.1, -0.05) is 48.2 Å². The minimum atomic E-state index is -0.240. The molecule has 0 radical (unpaired) electrons. The Morgan fingerprint density at radius 3 is 2.71 bits per heavy atom. The van der Waals surface area contributed by atoms with Gasteiger partial charge in [0.1, 0.15) is 5.75 Å². The van der Waals surface area contributed by atoms with Gasteiger partial charge in [0.15, 0.2) is 17.1 Å². The van der Waals surface area contributed by atoms with Gasteiger partial charge in [0.2, 0.25) is 5.91 Å². The van der Waals surface area contributed by atoms with Gasteiger partial charge in [-0.05, 0) is 37.1 Å². The summed E-state index contributed by atoms with van der Waals surface area (Å²) in [5.74, 6) is 1.93. The van der Waals surface area contributed by atoms with Crippen LogP contribution in [-0.2, 0) is 18.3 Å². The normalized spacial score (nSPS) is 14.0. The van der Waals surface area contributed by atoms with E-state index < -0.39 is 0 Å². The number of aromatic nitrogens is 3. The van der Waals surface area contributed by atoms with Gasteiger partial charge in [0, 0.05) is 19.3 Å². The van der Waals surface area contributed by atoms with Crippen LogP contribution >= 0.6 is 11.8 Å². The van der Waals surface area contributed by atoms with Gasteiger partial charge < -0.3 is 14.2 Å². The predicted molar refractivity (Wildman–Crippen MR) is 110 cm³/mol. The fourth-order valence-electron chi connectivity index (χ4n) is 3.36. The van der Waals surface area contributed by atoms with Gasteiger partial charge in [-0.2, -0.15) is 0 Å². The van der Waals surface area contributed by atoms with Crippen LogP contribution in [0, 0.1) is 0 Å². The quantitative estimate of drug-likeness (QED) is 0.598. The molecule has 0 fully saturated rings. The van der Waals surface area contributed by atoms with E-state index in [4.69, 9.17) is 4.74 Å². The lowest BCUT2D eigenvalue weighted by Crippen LogP contribution is -2.30. The third kappa shape index (κ3) is 3.75. The van der Waals surface area contributed by atoms with E-state index in [9.17, 15) is 4.79 Å². The number of benzene rings is 2. The first-order valence-electron chi connectivity index (χ1n) is 9.25. The van der Waals surface area contributed by atoms with Crippen LogP contribution in [0.1, 0.15) is 24.4 Å². The molecular formula is C21H22N4O2S. The number of anilines is 1. The minimum absolute atomic E-state index is 0.0908. The first-order chi connectivity index (χ1) is 13.6. The zero-order chi connectivity index (χ0) is 19.5. The fourth-order valence-corrected chi connectivity index (χ4v) is 4.16. The van der Waals surface area contributed by atoms with E-state index in [-0.39, 0.29) is 12.0 Å². The zero-order valence-electron chi connectivity index (χ0n) is 15.9. The Labute approximate surface area is 168 Å². The van der Waals surface area contributed by atoms with Crippen LogP contribution < -0.4 is 9.64 Å². The van der Waals surface area contributed by atoms with Crippen LogP contribution in [0.15, 0.2) is 59.8 Å². The Morgan fingerprint density at radius 1 is 1.14 bits per heavy atom. The average molecular weight is 395 g/mol. The highest BCUT2D eigenvalue weighted by atomic mass is 32.2. The molecule has 0 bridgehead atoms. The molecule has 144 valence electrons. The smallest absolute Gasteiger partial charge is 0.237 e. The third-order valence-corrected chi connectivity index (χ3v) is 5.81. The fraction of sp³-hybridized carbons (Fsp3) is 0.286. The molecule has 0 saturated heterocycles. The van der Waals surface area contributed by atoms with Crippen molar-refractivity contribution in [1.29, 1.82) is 0 Å². The first-order valence-corrected chi connectivity index (χ1v) is 10.2. The van der Waals surface area contributed by atoms with Crippen molar-refractivity contribution in [2.24, 2.45) is 7.05 Å². The Morgan fingerprint density at radius 2 is 1.89 bits per heavy atom. The molecule has 1 amide bonds. The summed E-state index contributed by atoms with van der Waals surface area (Å²) in [7, 11) is 1.90. The Balaban J connectivity index is 1.39. The molecule has 28 heavy (non-hydrogen) atoms. The number of carbonyl (C=O) groups excluding carboxylic acids is 1. The van der Waals surface area contributed by atoms with Crippen molar-refractivity contribution in [2.75, 3.05) is 17.2 Å². The summed E-state index contributed by atoms with van der Waals surface area (Å²) in [6.07, 6.45) is 0.671. The van der Waals surface area contributed by atoms with Crippen LogP contribution in [0.25, 0.3) is 0 Å². The standard InChI is InChI=1S/C21H22N4O2S/c1-15(27-17-9-4-3-5-10-17)20-22-23-21(24(20)2)28-14-19(26)25-13-12-16-8-6-7-11-18(16)25/h3-11,15H,12-14H2,1-2H3/t15-/m1/s1. The largest absolute Gasteiger partial charge is 0.483 e. The second-order valence-corrected chi connectivity index (χ2v) is 7.63. The van der Waals surface area contributed by atoms with Gasteiger partial charge in [-0.3, -0.25) is 4.79 Å². The van der Waals surface area contributed by atoms with E-state index in [1.807, 2.05) is 72.0 Å². The number of hydrogen-bond acceptors (Lipinski definition) is 5. The van der Waals surface area contributed by atoms with E-state index in [2.05, 4.69) is 16.3 Å². The van der Waals surface area contributed by atoms with Gasteiger partial charge in [0.05, 0.1) is 5.75 Å². The third-order valence-electron chi connectivity index (χ3n) is 4.80. The lowest BCUT2D eigenvalue weighted by atomic mass is 10.2. The summed E-state index contributed by atoms with van der Waals surface area (Å²) < 4.78 is 7.83. The number of carbonyl (C=O) groups is 1. The number of amides is 1. The average Bonchev–Trinajstić information content (AvgIpc) is 3.30. The van der Waals surface area contributed by atoms with E-state index in [0.717, 1.165) is 30.2 Å². The van der Waals surface area contributed by atoms with E-state index in [1.54, 1.807) is 0 Å². The van der Waals surface area contributed by atoms with Crippen LogP contribution in [0.4, 0.5) is 5.69 Å². The SMILES string of the molecule is C[C@@H](Oc1ccccc1)c1nnc(SCC(=O)N2CCc3ccccc32)n1C. The summed E-state index contributed by atoms with van der Waals surface area (Å²) in [6, 6.07) is 17.7. The van der Waals surface area contributed by atoms with Crippen molar-refractivity contribution in [3.63, 3.8) is 0 Å². The number of para-hydroxylation sites is 2. The molecule has 0 unspecified atom stereocenters. The topological polar surface area (TPSA) is 60.3 Å².